The monoisotopic (exact) mass is 627 g/mol. The Hall–Kier alpha value is -0.640. The van der Waals surface area contributed by atoms with Crippen LogP contribution in [0.15, 0.2) is 0 Å². The van der Waals surface area contributed by atoms with Crippen molar-refractivity contribution in [1.29, 1.82) is 0 Å². The summed E-state index contributed by atoms with van der Waals surface area (Å²) < 4.78 is 28.1. The van der Waals surface area contributed by atoms with E-state index in [9.17, 15) is 56.2 Å². The van der Waals surface area contributed by atoms with E-state index >= 15 is 0 Å². The van der Waals surface area contributed by atoms with Crippen LogP contribution in [0.4, 0.5) is 0 Å². The smallest absolute Gasteiger partial charge is 0.187 e. The van der Waals surface area contributed by atoms with E-state index in [1.807, 2.05) is 0 Å². The van der Waals surface area contributed by atoms with Crippen LogP contribution in [-0.2, 0) is 18.9 Å². The normalized spacial score (nSPS) is 54.6. The number of fused-ring (bicyclic) bond motifs is 1. The van der Waals surface area contributed by atoms with E-state index in [4.69, 9.17) is 23.7 Å². The van der Waals surface area contributed by atoms with Crippen molar-refractivity contribution in [2.75, 3.05) is 13.2 Å². The number of rotatable bonds is 7. The fraction of sp³-hybridized carbons (Fsp3) is 1.00. The highest BCUT2D eigenvalue weighted by Crippen LogP contribution is 2.43. The maximum absolute atomic E-state index is 10.8. The third kappa shape index (κ3) is 6.90. The average Bonchev–Trinajstić information content (AvgIpc) is 2.98. The van der Waals surface area contributed by atoms with Crippen LogP contribution in [0.25, 0.3) is 0 Å². The molecule has 5 aliphatic rings. The van der Waals surface area contributed by atoms with Crippen LogP contribution in [0.1, 0.15) is 38.5 Å². The lowest BCUT2D eigenvalue weighted by Gasteiger charge is -2.49. The third-order valence-corrected chi connectivity index (χ3v) is 9.86. The first-order chi connectivity index (χ1) is 20.4. The second kappa shape index (κ2) is 14.0. The minimum atomic E-state index is -1.65. The van der Waals surface area contributed by atoms with Crippen molar-refractivity contribution in [2.24, 2.45) is 11.8 Å². The molecule has 3 saturated heterocycles. The van der Waals surface area contributed by atoms with E-state index in [0.29, 0.717) is 12.8 Å². The molecule has 0 radical (unpaired) electrons. The molecule has 0 amide bonds. The fourth-order valence-corrected chi connectivity index (χ4v) is 7.34. The predicted molar refractivity (Wildman–Crippen MR) is 140 cm³/mol. The van der Waals surface area contributed by atoms with Gasteiger partial charge in [0.2, 0.25) is 0 Å². The van der Waals surface area contributed by atoms with Gasteiger partial charge in [-0.2, -0.15) is 0 Å². The van der Waals surface area contributed by atoms with Crippen LogP contribution in [0, 0.1) is 11.8 Å². The van der Waals surface area contributed by atoms with Gasteiger partial charge in [0.1, 0.15) is 54.9 Å². The molecule has 0 aromatic rings. The first-order valence-corrected chi connectivity index (χ1v) is 15.1. The lowest BCUT2D eigenvalue weighted by Crippen LogP contribution is -2.63. The lowest BCUT2D eigenvalue weighted by molar-refractivity contribution is -0.358. The Labute approximate surface area is 248 Å². The van der Waals surface area contributed by atoms with Crippen molar-refractivity contribution in [3.05, 3.63) is 0 Å². The number of aliphatic hydroxyl groups excluding tert-OH is 11. The summed E-state index contributed by atoms with van der Waals surface area (Å²) in [5.74, 6) is -0.685. The molecule has 5 fully saturated rings. The van der Waals surface area contributed by atoms with Crippen LogP contribution in [-0.4, -0.2) is 178 Å². The Balaban J connectivity index is 1.34. The molecule has 12 N–H and O–H groups in total. The summed E-state index contributed by atoms with van der Waals surface area (Å²) in [6, 6.07) is 0. The van der Waals surface area contributed by atoms with E-state index in [1.54, 1.807) is 0 Å². The highest BCUT2D eigenvalue weighted by atomic mass is 16.7. The summed E-state index contributed by atoms with van der Waals surface area (Å²) in [5.41, 5.74) is 0. The summed E-state index contributed by atoms with van der Waals surface area (Å²) >= 11 is 0. The predicted octanol–water partition coefficient (Wildman–Crippen LogP) is -5.68. The first-order valence-electron chi connectivity index (χ1n) is 15.1. The standard InChI is InChI=1S/C27H46O16/c28-7-17-19(33)21(35)23(37)26(42-17)40-15-3-9(1-2-12(15)31)25-16(6-11-13(32)4-10(30)5-14(11)39-25)41-27-24(38)22(36)20(34)18(8-29)43-27/h9-38H,1-8H2/p+1/t9?,10?,11?,12?,13?,14?,15?,16?,17-,18-,19-,20-,21+,22+,23-,24-,25?,26-,27-/m1/s1. The Morgan fingerprint density at radius 1 is 0.581 bits per heavy atom. The van der Waals surface area contributed by atoms with Crippen molar-refractivity contribution in [1.82, 2.24) is 0 Å². The van der Waals surface area contributed by atoms with Gasteiger partial charge in [0, 0.05) is 18.8 Å². The molecule has 250 valence electrons. The zero-order valence-electron chi connectivity index (χ0n) is 23.6. The molecule has 43 heavy (non-hydrogen) atoms. The number of aliphatic hydroxyl groups is 13. The lowest BCUT2D eigenvalue weighted by atomic mass is 9.72. The molecule has 2 aliphatic carbocycles. The molecule has 16 heteroatoms. The minimum Gasteiger partial charge on any atom is -0.427 e. The molecular weight excluding hydrogens is 580 g/mol. The zero-order chi connectivity index (χ0) is 31.2. The summed E-state index contributed by atoms with van der Waals surface area (Å²) in [5, 5.41) is 113. The van der Waals surface area contributed by atoms with Crippen LogP contribution in [0.5, 0.6) is 0 Å². The van der Waals surface area contributed by atoms with Crippen molar-refractivity contribution in [3.8, 4) is 0 Å². The van der Waals surface area contributed by atoms with Crippen molar-refractivity contribution in [2.45, 2.75) is 143 Å². The number of hydrogen-bond donors (Lipinski definition) is 11. The largest absolute Gasteiger partial charge is 0.427 e. The minimum absolute atomic E-state index is 0.165. The summed E-state index contributed by atoms with van der Waals surface area (Å²) in [6.45, 7) is -1.28. The van der Waals surface area contributed by atoms with Gasteiger partial charge >= 0.3 is 0 Å². The maximum atomic E-state index is 10.8. The Morgan fingerprint density at radius 3 is 1.70 bits per heavy atom. The third-order valence-electron chi connectivity index (χ3n) is 9.86. The Morgan fingerprint density at radius 2 is 1.14 bits per heavy atom. The van der Waals surface area contributed by atoms with Crippen molar-refractivity contribution < 1.29 is 79.9 Å². The Kier molecular flexibility index (Phi) is 11.0. The van der Waals surface area contributed by atoms with Gasteiger partial charge in [-0.05, 0) is 25.7 Å². The molecule has 0 aromatic carbocycles. The van der Waals surface area contributed by atoms with E-state index < -0.39 is 117 Å². The SMILES string of the molecule is OC[C@H]1O[C@@H](OC2CC(C3[OH+]C4CC(O)CC(O)C4CC3O[C@@H]3O[C@H](CO)[C@@H](O)[C@H](O)[C@H]3O)CCC2O)[C@H](O)[C@@H](O)[C@@H]1O. The van der Waals surface area contributed by atoms with Gasteiger partial charge in [0.25, 0.3) is 0 Å². The molecule has 19 atom stereocenters. The highest BCUT2D eigenvalue weighted by Gasteiger charge is 2.55. The number of ether oxygens (including phenoxy) is 5. The van der Waals surface area contributed by atoms with E-state index in [-0.39, 0.29) is 37.5 Å². The van der Waals surface area contributed by atoms with Gasteiger partial charge < -0.3 is 79.9 Å². The summed E-state index contributed by atoms with van der Waals surface area (Å²) in [7, 11) is 0. The van der Waals surface area contributed by atoms with E-state index in [0.717, 1.165) is 0 Å². The van der Waals surface area contributed by atoms with Gasteiger partial charge in [0.15, 0.2) is 24.8 Å². The summed E-state index contributed by atoms with van der Waals surface area (Å²) in [4.78, 5) is 0. The second-order valence-electron chi connectivity index (χ2n) is 12.7. The molecule has 0 aromatic heterocycles. The van der Waals surface area contributed by atoms with Crippen LogP contribution >= 0.6 is 0 Å². The number of hydrogen-bond acceptors (Lipinski definition) is 15. The average molecular weight is 628 g/mol. The van der Waals surface area contributed by atoms with Gasteiger partial charge in [0.05, 0.1) is 43.5 Å². The Bertz CT molecular complexity index is 895. The molecule has 2 saturated carbocycles. The molecule has 0 spiro atoms. The van der Waals surface area contributed by atoms with E-state index in [2.05, 4.69) is 0 Å². The van der Waals surface area contributed by atoms with Crippen LogP contribution < -0.4 is 0 Å². The van der Waals surface area contributed by atoms with Gasteiger partial charge in [-0.15, -0.1) is 0 Å². The topological polar surface area (TPSA) is 272 Å². The highest BCUT2D eigenvalue weighted by molar-refractivity contribution is 4.99. The van der Waals surface area contributed by atoms with Gasteiger partial charge in [-0.1, -0.05) is 0 Å². The molecular formula is C27H47O16+. The van der Waals surface area contributed by atoms with Gasteiger partial charge in [-0.3, -0.25) is 0 Å². The molecule has 3 heterocycles. The second-order valence-corrected chi connectivity index (χ2v) is 12.7. The molecule has 0 bridgehead atoms. The zero-order valence-corrected chi connectivity index (χ0v) is 23.6. The van der Waals surface area contributed by atoms with Crippen LogP contribution in [0.3, 0.4) is 0 Å². The van der Waals surface area contributed by atoms with E-state index in [1.165, 1.54) is 0 Å². The van der Waals surface area contributed by atoms with Gasteiger partial charge in [-0.25, -0.2) is 0 Å². The maximum Gasteiger partial charge on any atom is 0.187 e. The molecule has 5 rings (SSSR count). The quantitative estimate of drug-likeness (QED) is 0.117. The van der Waals surface area contributed by atoms with Crippen molar-refractivity contribution >= 4 is 0 Å². The first kappa shape index (κ1) is 33.7. The van der Waals surface area contributed by atoms with Crippen molar-refractivity contribution in [3.63, 3.8) is 0 Å². The fourth-order valence-electron chi connectivity index (χ4n) is 7.34. The molecule has 3 aliphatic heterocycles. The molecule has 9 unspecified atom stereocenters. The summed E-state index contributed by atoms with van der Waals surface area (Å²) in [6.07, 6.45) is -18.7. The van der Waals surface area contributed by atoms with Crippen LogP contribution in [0.2, 0.25) is 0 Å². The molecule has 16 nitrogen and oxygen atoms in total.